The van der Waals surface area contributed by atoms with E-state index in [0.717, 1.165) is 0 Å². The van der Waals surface area contributed by atoms with Gasteiger partial charge in [0.2, 0.25) is 0 Å². The summed E-state index contributed by atoms with van der Waals surface area (Å²) in [6, 6.07) is 5.24. The Bertz CT molecular complexity index is 458. The van der Waals surface area contributed by atoms with Gasteiger partial charge in [0, 0.05) is 11.8 Å². The van der Waals surface area contributed by atoms with Crippen LogP contribution in [0.4, 0.5) is 5.69 Å². The second-order valence-corrected chi connectivity index (χ2v) is 11.9. The largest absolute Gasteiger partial charge is 0.487 e. The van der Waals surface area contributed by atoms with Crippen molar-refractivity contribution < 1.29 is 9.16 Å². The van der Waals surface area contributed by atoms with Crippen molar-refractivity contribution in [3.8, 4) is 5.75 Å². The van der Waals surface area contributed by atoms with E-state index in [-0.39, 0.29) is 11.1 Å². The van der Waals surface area contributed by atoms with Crippen molar-refractivity contribution in [2.45, 2.75) is 51.9 Å². The molecule has 0 saturated heterocycles. The van der Waals surface area contributed by atoms with Gasteiger partial charge in [0.15, 0.2) is 8.32 Å². The number of benzene rings is 1. The molecule has 3 nitrogen and oxygen atoms in total. The van der Waals surface area contributed by atoms with E-state index in [1.54, 1.807) is 18.2 Å². The fourth-order valence-electron chi connectivity index (χ4n) is 1.40. The molecular weight excluding hydrogens is 290 g/mol. The van der Waals surface area contributed by atoms with Crippen LogP contribution in [0.5, 0.6) is 5.75 Å². The highest BCUT2D eigenvalue weighted by atomic mass is 35.5. The standard InChI is InChI=1S/C15H26ClNO2Si/c1-11(10-18-20(5,6)15(2,3)4)19-14-9-12(17)7-8-13(14)16/h7-9,11H,10,17H2,1-6H3/t11-/m0/s1. The second kappa shape index (κ2) is 6.37. The van der Waals surface area contributed by atoms with E-state index >= 15 is 0 Å². The van der Waals surface area contributed by atoms with E-state index in [1.165, 1.54) is 0 Å². The van der Waals surface area contributed by atoms with Gasteiger partial charge in [0.25, 0.3) is 0 Å². The van der Waals surface area contributed by atoms with Crippen molar-refractivity contribution in [1.82, 2.24) is 0 Å². The summed E-state index contributed by atoms with van der Waals surface area (Å²) in [5.41, 5.74) is 6.38. The second-order valence-electron chi connectivity index (χ2n) is 6.69. The Balaban J connectivity index is 2.61. The lowest BCUT2D eigenvalue weighted by Crippen LogP contribution is -2.43. The first-order chi connectivity index (χ1) is 9.03. The first-order valence-electron chi connectivity index (χ1n) is 6.88. The third-order valence-corrected chi connectivity index (χ3v) is 8.58. The Morgan fingerprint density at radius 1 is 1.30 bits per heavy atom. The first-order valence-corrected chi connectivity index (χ1v) is 10.2. The quantitative estimate of drug-likeness (QED) is 0.632. The van der Waals surface area contributed by atoms with Gasteiger partial charge in [-0.3, -0.25) is 0 Å². The molecule has 0 spiro atoms. The predicted molar refractivity (Wildman–Crippen MR) is 89.1 cm³/mol. The maximum Gasteiger partial charge on any atom is 0.192 e. The zero-order valence-corrected chi connectivity index (χ0v) is 15.0. The van der Waals surface area contributed by atoms with Crippen molar-refractivity contribution in [3.63, 3.8) is 0 Å². The van der Waals surface area contributed by atoms with Crippen molar-refractivity contribution in [2.75, 3.05) is 12.3 Å². The fourth-order valence-corrected chi connectivity index (χ4v) is 2.65. The van der Waals surface area contributed by atoms with E-state index < -0.39 is 8.32 Å². The van der Waals surface area contributed by atoms with Crippen LogP contribution in [-0.4, -0.2) is 21.0 Å². The lowest BCUT2D eigenvalue weighted by molar-refractivity contribution is 0.134. The molecule has 0 saturated carbocycles. The molecule has 5 heteroatoms. The number of ether oxygens (including phenoxy) is 1. The molecule has 1 aromatic rings. The molecule has 0 bridgehead atoms. The summed E-state index contributed by atoms with van der Waals surface area (Å²) in [5.74, 6) is 0.609. The number of hydrogen-bond acceptors (Lipinski definition) is 3. The van der Waals surface area contributed by atoms with Crippen molar-refractivity contribution >= 4 is 25.6 Å². The summed E-state index contributed by atoms with van der Waals surface area (Å²) in [5, 5.41) is 0.764. The average molecular weight is 316 g/mol. The van der Waals surface area contributed by atoms with Gasteiger partial charge in [0.1, 0.15) is 11.9 Å². The van der Waals surface area contributed by atoms with E-state index in [0.29, 0.717) is 23.1 Å². The number of rotatable bonds is 5. The summed E-state index contributed by atoms with van der Waals surface area (Å²) >= 11 is 6.09. The number of hydrogen-bond donors (Lipinski definition) is 1. The summed E-state index contributed by atoms with van der Waals surface area (Å²) in [6.45, 7) is 13.7. The Kier molecular flexibility index (Phi) is 5.52. The monoisotopic (exact) mass is 315 g/mol. The van der Waals surface area contributed by atoms with Gasteiger partial charge in [-0.1, -0.05) is 32.4 Å². The van der Waals surface area contributed by atoms with Gasteiger partial charge in [-0.2, -0.15) is 0 Å². The molecule has 20 heavy (non-hydrogen) atoms. The maximum atomic E-state index is 6.14. The fraction of sp³-hybridized carbons (Fsp3) is 0.600. The molecule has 0 aliphatic heterocycles. The molecule has 0 aliphatic carbocycles. The van der Waals surface area contributed by atoms with Crippen LogP contribution in [0.15, 0.2) is 18.2 Å². The molecule has 0 unspecified atom stereocenters. The molecule has 0 amide bonds. The summed E-state index contributed by atoms with van der Waals surface area (Å²) in [4.78, 5) is 0. The van der Waals surface area contributed by atoms with Crippen molar-refractivity contribution in [2.24, 2.45) is 0 Å². The molecule has 1 atom stereocenters. The highest BCUT2D eigenvalue weighted by molar-refractivity contribution is 6.74. The number of anilines is 1. The van der Waals surface area contributed by atoms with Crippen molar-refractivity contribution in [1.29, 1.82) is 0 Å². The average Bonchev–Trinajstić information content (AvgIpc) is 2.30. The lowest BCUT2D eigenvalue weighted by Gasteiger charge is -2.36. The zero-order chi connectivity index (χ0) is 15.6. The molecule has 1 rings (SSSR count). The van der Waals surface area contributed by atoms with Gasteiger partial charge >= 0.3 is 0 Å². The van der Waals surface area contributed by atoms with Gasteiger partial charge in [0.05, 0.1) is 11.6 Å². The Morgan fingerprint density at radius 3 is 2.45 bits per heavy atom. The van der Waals surface area contributed by atoms with Gasteiger partial charge in [-0.05, 0) is 37.2 Å². The smallest absolute Gasteiger partial charge is 0.192 e. The van der Waals surface area contributed by atoms with Gasteiger partial charge in [-0.25, -0.2) is 0 Å². The highest BCUT2D eigenvalue weighted by Gasteiger charge is 2.37. The molecule has 0 aliphatic rings. The number of nitrogens with two attached hydrogens (primary N) is 1. The van der Waals surface area contributed by atoms with Crippen LogP contribution in [0.2, 0.25) is 23.2 Å². The third kappa shape index (κ3) is 4.68. The topological polar surface area (TPSA) is 44.5 Å². The Morgan fingerprint density at radius 2 is 1.90 bits per heavy atom. The first kappa shape index (κ1) is 17.3. The van der Waals surface area contributed by atoms with Crippen LogP contribution in [0.3, 0.4) is 0 Å². The minimum atomic E-state index is -1.75. The Hall–Kier alpha value is -0.713. The molecule has 1 aromatic carbocycles. The molecule has 0 fully saturated rings. The van der Waals surface area contributed by atoms with Crippen LogP contribution in [0, 0.1) is 0 Å². The van der Waals surface area contributed by atoms with E-state index in [2.05, 4.69) is 33.9 Å². The van der Waals surface area contributed by atoms with Crippen LogP contribution >= 0.6 is 11.6 Å². The molecular formula is C15H26ClNO2Si. The van der Waals surface area contributed by atoms with E-state index in [9.17, 15) is 0 Å². The number of halogens is 1. The summed E-state index contributed by atoms with van der Waals surface area (Å²) < 4.78 is 12.0. The molecule has 114 valence electrons. The molecule has 0 heterocycles. The van der Waals surface area contributed by atoms with Gasteiger partial charge < -0.3 is 14.9 Å². The van der Waals surface area contributed by atoms with Crippen molar-refractivity contribution in [3.05, 3.63) is 23.2 Å². The minimum absolute atomic E-state index is 0.0663. The van der Waals surface area contributed by atoms with Crippen LogP contribution in [-0.2, 0) is 4.43 Å². The predicted octanol–water partition coefficient (Wildman–Crippen LogP) is 4.71. The zero-order valence-electron chi connectivity index (χ0n) is 13.3. The molecule has 0 radical (unpaired) electrons. The Labute approximate surface area is 128 Å². The van der Waals surface area contributed by atoms with E-state index in [1.807, 2.05) is 6.92 Å². The van der Waals surface area contributed by atoms with E-state index in [4.69, 9.17) is 26.5 Å². The van der Waals surface area contributed by atoms with Crippen LogP contribution in [0.25, 0.3) is 0 Å². The normalized spacial score (nSPS) is 14.2. The summed E-state index contributed by atoms with van der Waals surface area (Å²) in [7, 11) is -1.75. The molecule has 0 aromatic heterocycles. The van der Waals surface area contributed by atoms with Crippen LogP contribution < -0.4 is 10.5 Å². The highest BCUT2D eigenvalue weighted by Crippen LogP contribution is 2.36. The van der Waals surface area contributed by atoms with Crippen LogP contribution in [0.1, 0.15) is 27.7 Å². The molecule has 2 N–H and O–H groups in total. The SMILES string of the molecule is C[C@@H](CO[Si](C)(C)C(C)(C)C)Oc1cc(N)ccc1Cl. The number of nitrogen functional groups attached to an aromatic ring is 1. The third-order valence-electron chi connectivity index (χ3n) is 3.77. The minimum Gasteiger partial charge on any atom is -0.487 e. The summed E-state index contributed by atoms with van der Waals surface area (Å²) in [6.07, 6.45) is -0.0663. The maximum absolute atomic E-state index is 6.14. The van der Waals surface area contributed by atoms with Gasteiger partial charge in [-0.15, -0.1) is 0 Å². The lowest BCUT2D eigenvalue weighted by atomic mass is 10.2.